The van der Waals surface area contributed by atoms with Crippen LogP contribution in [0.4, 0.5) is 0 Å². The monoisotopic (exact) mass is 410 g/mol. The van der Waals surface area contributed by atoms with Gasteiger partial charge in [-0.3, -0.25) is 19.4 Å². The Morgan fingerprint density at radius 3 is 2.36 bits per heavy atom. The number of hydrogen-bond acceptors (Lipinski definition) is 6. The van der Waals surface area contributed by atoms with E-state index in [1.165, 1.54) is 22.2 Å². The molecular weight excluding hydrogens is 384 g/mol. The minimum Gasteiger partial charge on any atom is -0.466 e. The Bertz CT molecular complexity index is 837. The van der Waals surface area contributed by atoms with Gasteiger partial charge in [0.25, 0.3) is 5.91 Å². The summed E-state index contributed by atoms with van der Waals surface area (Å²) >= 11 is 0. The van der Waals surface area contributed by atoms with Gasteiger partial charge >= 0.3 is 5.97 Å². The second-order valence-corrected chi connectivity index (χ2v) is 8.56. The van der Waals surface area contributed by atoms with Gasteiger partial charge in [-0.15, -0.1) is 0 Å². The van der Waals surface area contributed by atoms with Gasteiger partial charge < -0.3 is 4.74 Å². The second kappa shape index (κ2) is 9.68. The van der Waals surface area contributed by atoms with Crippen molar-refractivity contribution in [3.63, 3.8) is 0 Å². The number of ether oxygens (including phenoxy) is 1. The van der Waals surface area contributed by atoms with Gasteiger partial charge in [0.15, 0.2) is 9.84 Å². The Morgan fingerprint density at radius 2 is 1.68 bits per heavy atom. The third-order valence-corrected chi connectivity index (χ3v) is 5.55. The van der Waals surface area contributed by atoms with Crippen molar-refractivity contribution < 1.29 is 27.5 Å². The summed E-state index contributed by atoms with van der Waals surface area (Å²) in [6, 6.07) is 6.00. The van der Waals surface area contributed by atoms with E-state index in [9.17, 15) is 22.8 Å². The van der Waals surface area contributed by atoms with Crippen LogP contribution in [0.3, 0.4) is 0 Å². The van der Waals surface area contributed by atoms with Gasteiger partial charge in [0.2, 0.25) is 5.91 Å². The first-order chi connectivity index (χ1) is 13.3. The molecule has 1 saturated heterocycles. The van der Waals surface area contributed by atoms with Crippen LogP contribution in [-0.2, 0) is 24.2 Å². The van der Waals surface area contributed by atoms with Crippen molar-refractivity contribution in [2.75, 3.05) is 26.0 Å². The summed E-state index contributed by atoms with van der Waals surface area (Å²) in [5.41, 5.74) is 0.0620. The van der Waals surface area contributed by atoms with Crippen molar-refractivity contribution in [2.24, 2.45) is 0 Å². The molecule has 1 aromatic carbocycles. The zero-order valence-electron chi connectivity index (χ0n) is 16.2. The Labute approximate surface area is 165 Å². The zero-order valence-corrected chi connectivity index (χ0v) is 17.0. The first-order valence-corrected chi connectivity index (χ1v) is 11.2. The Morgan fingerprint density at radius 1 is 1.04 bits per heavy atom. The Kier molecular flexibility index (Phi) is 7.56. The number of amides is 2. The first kappa shape index (κ1) is 21.9. The maximum atomic E-state index is 12.9. The predicted octanol–water partition coefficient (Wildman–Crippen LogP) is 1.80. The maximum absolute atomic E-state index is 12.9. The molecule has 0 bridgehead atoms. The summed E-state index contributed by atoms with van der Waals surface area (Å²) in [6.45, 7) is 2.83. The minimum atomic E-state index is -3.57. The van der Waals surface area contributed by atoms with Gasteiger partial charge in [0, 0.05) is 32.2 Å². The fourth-order valence-electron chi connectivity index (χ4n) is 3.10. The normalized spacial score (nSPS) is 14.2. The molecule has 1 aliphatic rings. The van der Waals surface area contributed by atoms with Gasteiger partial charge in [-0.1, -0.05) is 12.1 Å². The average molecular weight is 410 g/mol. The number of esters is 1. The predicted molar refractivity (Wildman–Crippen MR) is 102 cm³/mol. The van der Waals surface area contributed by atoms with Gasteiger partial charge in [-0.2, -0.15) is 0 Å². The minimum absolute atomic E-state index is 0.0475. The molecule has 28 heavy (non-hydrogen) atoms. The number of carbonyl (C=O) groups is 3. The van der Waals surface area contributed by atoms with Gasteiger partial charge in [-0.05, 0) is 38.3 Å². The highest BCUT2D eigenvalue weighted by molar-refractivity contribution is 7.90. The summed E-state index contributed by atoms with van der Waals surface area (Å²) in [5, 5.41) is 2.70. The van der Waals surface area contributed by atoms with Gasteiger partial charge in [0.1, 0.15) is 0 Å². The van der Waals surface area contributed by atoms with Crippen molar-refractivity contribution >= 4 is 27.6 Å². The molecule has 8 nitrogen and oxygen atoms in total. The number of carbonyl (C=O) groups excluding carboxylic acids is 3. The quantitative estimate of drug-likeness (QED) is 0.478. The van der Waals surface area contributed by atoms with Crippen molar-refractivity contribution in [1.82, 2.24) is 10.0 Å². The Hall–Kier alpha value is -2.42. The van der Waals surface area contributed by atoms with Crippen molar-refractivity contribution in [3.05, 3.63) is 29.8 Å². The molecular formula is C19H26N2O6S. The molecule has 0 spiro atoms. The fraction of sp³-hybridized carbons (Fsp3) is 0.526. The molecule has 2 amide bonds. The summed E-state index contributed by atoms with van der Waals surface area (Å²) in [6.07, 6.45) is 3.18. The van der Waals surface area contributed by atoms with Crippen LogP contribution in [0.5, 0.6) is 0 Å². The number of hydrogen-bond donors (Lipinski definition) is 0. The molecule has 1 heterocycles. The smallest absolute Gasteiger partial charge is 0.305 e. The van der Waals surface area contributed by atoms with Crippen LogP contribution >= 0.6 is 0 Å². The van der Waals surface area contributed by atoms with Crippen molar-refractivity contribution in [1.29, 1.82) is 0 Å². The number of benzene rings is 1. The SMILES string of the molecule is CCOC(=O)CCCCC(=O)N1CCCN1C(=O)c1ccccc1S(C)(=O)=O. The molecule has 1 aliphatic heterocycles. The number of unbranched alkanes of at least 4 members (excludes halogenated alkanes) is 1. The van der Waals surface area contributed by atoms with Crippen LogP contribution in [0.25, 0.3) is 0 Å². The highest BCUT2D eigenvalue weighted by Gasteiger charge is 2.32. The maximum Gasteiger partial charge on any atom is 0.305 e. The highest BCUT2D eigenvalue weighted by Crippen LogP contribution is 2.22. The lowest BCUT2D eigenvalue weighted by atomic mass is 10.2. The van der Waals surface area contributed by atoms with E-state index in [1.807, 2.05) is 0 Å². The average Bonchev–Trinajstić information content (AvgIpc) is 3.14. The van der Waals surface area contributed by atoms with E-state index >= 15 is 0 Å². The van der Waals surface area contributed by atoms with Crippen LogP contribution in [-0.4, -0.2) is 62.2 Å². The summed E-state index contributed by atoms with van der Waals surface area (Å²) in [4.78, 5) is 36.8. The van der Waals surface area contributed by atoms with Crippen LogP contribution in [0.2, 0.25) is 0 Å². The molecule has 2 rings (SSSR count). The third-order valence-electron chi connectivity index (χ3n) is 4.40. The molecule has 0 atom stereocenters. The highest BCUT2D eigenvalue weighted by atomic mass is 32.2. The van der Waals surface area contributed by atoms with Crippen LogP contribution in [0.1, 0.15) is 49.4 Å². The number of nitrogens with zero attached hydrogens (tertiary/aromatic N) is 2. The lowest BCUT2D eigenvalue weighted by molar-refractivity contribution is -0.144. The lowest BCUT2D eigenvalue weighted by Gasteiger charge is -2.28. The van der Waals surface area contributed by atoms with E-state index in [1.54, 1.807) is 19.1 Å². The van der Waals surface area contributed by atoms with E-state index in [0.29, 0.717) is 39.0 Å². The van der Waals surface area contributed by atoms with E-state index in [-0.39, 0.29) is 35.2 Å². The molecule has 154 valence electrons. The fourth-order valence-corrected chi connectivity index (χ4v) is 3.98. The first-order valence-electron chi connectivity index (χ1n) is 9.32. The molecule has 0 aromatic heterocycles. The molecule has 0 N–H and O–H groups in total. The van der Waals surface area contributed by atoms with Crippen LogP contribution in [0, 0.1) is 0 Å². The Balaban J connectivity index is 2.02. The number of rotatable bonds is 8. The summed E-state index contributed by atoms with van der Waals surface area (Å²) in [7, 11) is -3.57. The molecule has 0 saturated carbocycles. The lowest BCUT2D eigenvalue weighted by Crippen LogP contribution is -2.45. The van der Waals surface area contributed by atoms with E-state index in [4.69, 9.17) is 4.74 Å². The second-order valence-electron chi connectivity index (χ2n) is 6.58. The number of hydrazine groups is 1. The van der Waals surface area contributed by atoms with Crippen molar-refractivity contribution in [3.8, 4) is 0 Å². The molecule has 1 aromatic rings. The van der Waals surface area contributed by atoms with E-state index < -0.39 is 15.7 Å². The molecule has 0 aliphatic carbocycles. The largest absolute Gasteiger partial charge is 0.466 e. The van der Waals surface area contributed by atoms with E-state index in [2.05, 4.69) is 0 Å². The molecule has 1 fully saturated rings. The van der Waals surface area contributed by atoms with Gasteiger partial charge in [-0.25, -0.2) is 13.4 Å². The van der Waals surface area contributed by atoms with Gasteiger partial charge in [0.05, 0.1) is 17.1 Å². The van der Waals surface area contributed by atoms with Crippen LogP contribution < -0.4 is 0 Å². The summed E-state index contributed by atoms with van der Waals surface area (Å²) < 4.78 is 28.8. The van der Waals surface area contributed by atoms with E-state index in [0.717, 1.165) is 6.26 Å². The zero-order chi connectivity index (χ0) is 20.7. The third kappa shape index (κ3) is 5.54. The topological polar surface area (TPSA) is 101 Å². The number of sulfone groups is 1. The standard InChI is InChI=1S/C19H26N2O6S/c1-3-27-18(23)12-7-6-11-17(22)20-13-8-14-21(20)19(24)15-9-4-5-10-16(15)28(2,25)26/h4-5,9-10H,3,6-8,11-14H2,1-2H3. The molecule has 0 unspecified atom stereocenters. The van der Waals surface area contributed by atoms with Crippen molar-refractivity contribution in [2.45, 2.75) is 43.9 Å². The summed E-state index contributed by atoms with van der Waals surface area (Å²) in [5.74, 6) is -1.00. The molecule has 9 heteroatoms. The molecule has 0 radical (unpaired) electrons. The van der Waals surface area contributed by atoms with Crippen LogP contribution in [0.15, 0.2) is 29.2 Å².